The highest BCUT2D eigenvalue weighted by atomic mass is 35.5. The van der Waals surface area contributed by atoms with Gasteiger partial charge in [0.05, 0.1) is 34.8 Å². The molecule has 3 amide bonds. The molecular weight excluding hydrogens is 612 g/mol. The van der Waals surface area contributed by atoms with Crippen molar-refractivity contribution in [1.82, 2.24) is 19.6 Å². The molecule has 8 nitrogen and oxygen atoms in total. The highest BCUT2D eigenvalue weighted by molar-refractivity contribution is 8.18. The minimum atomic E-state index is -4.59. The third kappa shape index (κ3) is 6.67. The number of likely N-dealkylation sites (tertiary alicyclic amines) is 1. The van der Waals surface area contributed by atoms with Crippen LogP contribution in [0, 0.1) is 0 Å². The number of alkyl halides is 4. The largest absolute Gasteiger partial charge is 0.444 e. The van der Waals surface area contributed by atoms with E-state index in [1.54, 1.807) is 39.0 Å². The predicted molar refractivity (Wildman–Crippen MR) is 154 cm³/mol. The van der Waals surface area contributed by atoms with Gasteiger partial charge in [-0.25, -0.2) is 9.18 Å². The maximum Gasteiger partial charge on any atom is 0.416 e. The van der Waals surface area contributed by atoms with Crippen LogP contribution < -0.4 is 0 Å². The van der Waals surface area contributed by atoms with Gasteiger partial charge in [-0.15, -0.1) is 0 Å². The minimum absolute atomic E-state index is 0.00114. The molecule has 0 saturated carbocycles. The van der Waals surface area contributed by atoms with E-state index < -0.39 is 46.8 Å². The number of amides is 3. The fourth-order valence-electron chi connectivity index (χ4n) is 4.99. The number of aromatic nitrogens is 2. The van der Waals surface area contributed by atoms with Crippen molar-refractivity contribution in [3.8, 4) is 0 Å². The van der Waals surface area contributed by atoms with Crippen LogP contribution in [0.4, 0.5) is 27.2 Å². The molecule has 1 aromatic heterocycles. The molecule has 2 saturated heterocycles. The Labute approximate surface area is 253 Å². The van der Waals surface area contributed by atoms with E-state index in [1.165, 1.54) is 34.0 Å². The van der Waals surface area contributed by atoms with Crippen LogP contribution in [-0.4, -0.2) is 67.7 Å². The first-order valence-corrected chi connectivity index (χ1v) is 14.5. The van der Waals surface area contributed by atoms with Gasteiger partial charge in [0.15, 0.2) is 0 Å². The van der Waals surface area contributed by atoms with E-state index in [2.05, 4.69) is 5.10 Å². The number of imide groups is 1. The molecule has 0 radical (unpaired) electrons. The lowest BCUT2D eigenvalue weighted by atomic mass is 10.0. The molecule has 0 spiro atoms. The number of hydrogen-bond donors (Lipinski definition) is 0. The maximum atomic E-state index is 15.0. The highest BCUT2D eigenvalue weighted by Crippen LogP contribution is 2.37. The van der Waals surface area contributed by atoms with Crippen molar-refractivity contribution >= 4 is 57.6 Å². The molecule has 3 heterocycles. The Bertz CT molecular complexity index is 1630. The van der Waals surface area contributed by atoms with Gasteiger partial charge >= 0.3 is 12.3 Å². The second-order valence-electron chi connectivity index (χ2n) is 11.3. The number of rotatable bonds is 4. The van der Waals surface area contributed by atoms with Gasteiger partial charge in [0.2, 0.25) is 0 Å². The second-order valence-corrected chi connectivity index (χ2v) is 12.7. The van der Waals surface area contributed by atoms with Gasteiger partial charge in [-0.3, -0.25) is 19.2 Å². The second kappa shape index (κ2) is 11.5. The number of fused-ring (bicyclic) bond motifs is 1. The summed E-state index contributed by atoms with van der Waals surface area (Å²) in [4.78, 5) is 40.9. The average Bonchev–Trinajstić information content (AvgIpc) is 3.42. The smallest absolute Gasteiger partial charge is 0.416 e. The lowest BCUT2D eigenvalue weighted by Crippen LogP contribution is -2.57. The van der Waals surface area contributed by atoms with Crippen molar-refractivity contribution < 1.29 is 36.7 Å². The van der Waals surface area contributed by atoms with Crippen molar-refractivity contribution in [2.45, 2.75) is 57.7 Å². The Morgan fingerprint density at radius 1 is 1.16 bits per heavy atom. The zero-order valence-corrected chi connectivity index (χ0v) is 24.9. The Kier molecular flexibility index (Phi) is 8.25. The summed E-state index contributed by atoms with van der Waals surface area (Å²) in [5.74, 6) is -0.674. The SMILES string of the molecule is CC(C)(C)OC(=O)N1CCC(F)C(N2C(=O)S/C(=C/c3ccc4c(cnn4Cc4ccc(Cl)cc4C(F)(F)F)c3)C2=O)C1. The summed E-state index contributed by atoms with van der Waals surface area (Å²) >= 11 is 6.46. The summed E-state index contributed by atoms with van der Waals surface area (Å²) in [7, 11) is 0. The van der Waals surface area contributed by atoms with E-state index >= 15 is 0 Å². The van der Waals surface area contributed by atoms with Gasteiger partial charge in [0.1, 0.15) is 11.8 Å². The number of piperidine rings is 1. The fraction of sp³-hybridized carbons (Fsp3) is 0.379. The molecular formula is C29H27ClF4N4O4S. The zero-order chi connectivity index (χ0) is 31.3. The van der Waals surface area contributed by atoms with Gasteiger partial charge in [-0.1, -0.05) is 23.7 Å². The molecule has 0 aliphatic carbocycles. The van der Waals surface area contributed by atoms with Gasteiger partial charge in [-0.05, 0) is 80.4 Å². The monoisotopic (exact) mass is 638 g/mol. The highest BCUT2D eigenvalue weighted by Gasteiger charge is 2.46. The molecule has 14 heteroatoms. The Balaban J connectivity index is 1.35. The maximum absolute atomic E-state index is 15.0. The first kappa shape index (κ1) is 30.9. The molecule has 228 valence electrons. The summed E-state index contributed by atoms with van der Waals surface area (Å²) in [5.41, 5.74) is -0.518. The molecule has 2 aromatic carbocycles. The molecule has 5 rings (SSSR count). The van der Waals surface area contributed by atoms with E-state index in [1.807, 2.05) is 0 Å². The number of ether oxygens (including phenoxy) is 1. The average molecular weight is 639 g/mol. The molecule has 2 unspecified atom stereocenters. The topological polar surface area (TPSA) is 84.7 Å². The van der Waals surface area contributed by atoms with Crippen molar-refractivity contribution in [2.75, 3.05) is 13.1 Å². The van der Waals surface area contributed by atoms with Crippen LogP contribution in [-0.2, 0) is 22.3 Å². The van der Waals surface area contributed by atoms with Gasteiger partial charge in [0, 0.05) is 23.5 Å². The van der Waals surface area contributed by atoms with Crippen LogP contribution in [0.5, 0.6) is 0 Å². The normalized spacial score (nSPS) is 20.9. The van der Waals surface area contributed by atoms with Crippen LogP contribution in [0.1, 0.15) is 43.9 Å². The third-order valence-corrected chi connectivity index (χ3v) is 8.09. The number of carbonyl (C=O) groups excluding carboxylic acids is 3. The van der Waals surface area contributed by atoms with E-state index in [-0.39, 0.29) is 41.5 Å². The molecule has 2 aliphatic heterocycles. The molecule has 2 fully saturated rings. The number of benzene rings is 2. The standard InChI is InChI=1S/C29H27ClF4N4O4S/c1-28(2,3)42-26(40)36-9-8-21(31)23(15-36)38-25(39)24(43-27(38)41)11-16-4-7-22-18(10-16)13-35-37(22)14-17-5-6-19(30)12-20(17)29(32,33)34/h4-7,10-13,21,23H,8-9,14-15H2,1-3H3/b24-11+. The summed E-state index contributed by atoms with van der Waals surface area (Å²) in [6.07, 6.45) is -3.81. The quantitative estimate of drug-likeness (QED) is 0.223. The van der Waals surface area contributed by atoms with E-state index in [0.717, 1.165) is 11.0 Å². The van der Waals surface area contributed by atoms with Crippen LogP contribution >= 0.6 is 23.4 Å². The summed E-state index contributed by atoms with van der Waals surface area (Å²) < 4.78 is 62.5. The van der Waals surface area contributed by atoms with Crippen LogP contribution in [0.2, 0.25) is 5.02 Å². The Morgan fingerprint density at radius 2 is 1.91 bits per heavy atom. The molecule has 2 aliphatic rings. The predicted octanol–water partition coefficient (Wildman–Crippen LogP) is 7.14. The van der Waals surface area contributed by atoms with Gasteiger partial charge < -0.3 is 9.64 Å². The lowest BCUT2D eigenvalue weighted by molar-refractivity contribution is -0.138. The van der Waals surface area contributed by atoms with Crippen molar-refractivity contribution in [3.05, 3.63) is 69.2 Å². The lowest BCUT2D eigenvalue weighted by Gasteiger charge is -2.38. The molecule has 0 bridgehead atoms. The number of halogens is 5. The van der Waals surface area contributed by atoms with Crippen LogP contribution in [0.25, 0.3) is 17.0 Å². The first-order valence-electron chi connectivity index (χ1n) is 13.3. The molecule has 3 aromatic rings. The fourth-order valence-corrected chi connectivity index (χ4v) is 6.05. The van der Waals surface area contributed by atoms with Crippen LogP contribution in [0.15, 0.2) is 47.5 Å². The van der Waals surface area contributed by atoms with Gasteiger partial charge in [-0.2, -0.15) is 18.3 Å². The van der Waals surface area contributed by atoms with Crippen molar-refractivity contribution in [3.63, 3.8) is 0 Å². The third-order valence-electron chi connectivity index (χ3n) is 6.97. The summed E-state index contributed by atoms with van der Waals surface area (Å²) in [5, 5.41) is 4.16. The summed E-state index contributed by atoms with van der Waals surface area (Å²) in [6.45, 7) is 4.88. The molecule has 0 N–H and O–H groups in total. The number of thioether (sulfide) groups is 1. The van der Waals surface area contributed by atoms with Gasteiger partial charge in [0.25, 0.3) is 11.1 Å². The first-order chi connectivity index (χ1) is 20.1. The van der Waals surface area contributed by atoms with E-state index in [9.17, 15) is 31.9 Å². The van der Waals surface area contributed by atoms with Crippen molar-refractivity contribution in [2.24, 2.45) is 0 Å². The molecule has 2 atom stereocenters. The molecule has 43 heavy (non-hydrogen) atoms. The number of hydrogen-bond acceptors (Lipinski definition) is 6. The zero-order valence-electron chi connectivity index (χ0n) is 23.3. The minimum Gasteiger partial charge on any atom is -0.444 e. The number of nitrogens with zero attached hydrogens (tertiary/aromatic N) is 4. The van der Waals surface area contributed by atoms with Crippen LogP contribution in [0.3, 0.4) is 0 Å². The van der Waals surface area contributed by atoms with Crippen molar-refractivity contribution in [1.29, 1.82) is 0 Å². The number of carbonyl (C=O) groups is 3. The van der Waals surface area contributed by atoms with E-state index in [4.69, 9.17) is 16.3 Å². The summed E-state index contributed by atoms with van der Waals surface area (Å²) in [6, 6.07) is 7.39. The Hall–Kier alpha value is -3.58. The Morgan fingerprint density at radius 3 is 2.60 bits per heavy atom. The van der Waals surface area contributed by atoms with E-state index in [0.29, 0.717) is 28.2 Å².